The van der Waals surface area contributed by atoms with Gasteiger partial charge in [-0.25, -0.2) is 4.79 Å². The maximum Gasteiger partial charge on any atom is 0.330 e. The Balaban J connectivity index is 1.87. The van der Waals surface area contributed by atoms with E-state index in [0.29, 0.717) is 17.6 Å². The summed E-state index contributed by atoms with van der Waals surface area (Å²) in [6, 6.07) is 9.12. The van der Waals surface area contributed by atoms with Crippen molar-refractivity contribution in [3.05, 3.63) is 72.4 Å². The molecule has 120 valence electrons. The number of benzene rings is 1. The third kappa shape index (κ3) is 5.01. The van der Waals surface area contributed by atoms with E-state index in [1.807, 2.05) is 24.3 Å². The molecule has 0 heterocycles. The lowest BCUT2D eigenvalue weighted by Gasteiger charge is -2.26. The van der Waals surface area contributed by atoms with Crippen LogP contribution in [0.1, 0.15) is 16.8 Å². The number of alkyl halides is 1. The number of carbonyl (C=O) groups is 2. The van der Waals surface area contributed by atoms with Crippen molar-refractivity contribution >= 4 is 27.7 Å². The first kappa shape index (κ1) is 17.4. The van der Waals surface area contributed by atoms with E-state index in [1.165, 1.54) is 0 Å². The van der Waals surface area contributed by atoms with Crippen LogP contribution in [-0.2, 0) is 14.3 Å². The molecule has 1 atom stereocenters. The maximum absolute atomic E-state index is 12.3. The van der Waals surface area contributed by atoms with E-state index in [-0.39, 0.29) is 19.0 Å². The third-order valence-corrected chi connectivity index (χ3v) is 4.06. The zero-order valence-electron chi connectivity index (χ0n) is 12.5. The first-order valence-corrected chi connectivity index (χ1v) is 7.94. The van der Waals surface area contributed by atoms with Crippen LogP contribution in [0.2, 0.25) is 0 Å². The van der Waals surface area contributed by atoms with Crippen molar-refractivity contribution in [2.24, 2.45) is 0 Å². The minimum atomic E-state index is -0.686. The quantitative estimate of drug-likeness (QED) is 0.240. The molecular weight excluding hydrogens is 360 g/mol. The summed E-state index contributed by atoms with van der Waals surface area (Å²) in [7, 11) is 0. The average molecular weight is 377 g/mol. The number of halogens is 1. The predicted octanol–water partition coefficient (Wildman–Crippen LogP) is 3.59. The van der Waals surface area contributed by atoms with Crippen molar-refractivity contribution < 1.29 is 19.1 Å². The van der Waals surface area contributed by atoms with Crippen molar-refractivity contribution in [2.45, 2.75) is 10.9 Å². The van der Waals surface area contributed by atoms with Gasteiger partial charge in [0.05, 0.1) is 6.61 Å². The highest BCUT2D eigenvalue weighted by molar-refractivity contribution is 9.10. The number of hydrogen-bond acceptors (Lipinski definition) is 4. The van der Waals surface area contributed by atoms with E-state index >= 15 is 0 Å². The molecule has 0 aromatic heterocycles. The van der Waals surface area contributed by atoms with E-state index < -0.39 is 10.5 Å². The topological polar surface area (TPSA) is 52.6 Å². The van der Waals surface area contributed by atoms with Gasteiger partial charge in [-0.2, -0.15) is 0 Å². The minimum absolute atomic E-state index is 0.0173. The summed E-state index contributed by atoms with van der Waals surface area (Å²) in [5, 5.41) is 0. The van der Waals surface area contributed by atoms with Gasteiger partial charge in [-0.05, 0) is 22.0 Å². The van der Waals surface area contributed by atoms with Gasteiger partial charge in [-0.3, -0.25) is 4.79 Å². The van der Waals surface area contributed by atoms with Crippen molar-refractivity contribution in [3.63, 3.8) is 0 Å². The molecule has 0 fully saturated rings. The fraction of sp³-hybridized carbons (Fsp3) is 0.222. The molecule has 0 aliphatic heterocycles. The molecule has 0 spiro atoms. The molecule has 2 rings (SSSR count). The molecule has 5 heteroatoms. The Morgan fingerprint density at radius 3 is 2.61 bits per heavy atom. The molecule has 0 saturated carbocycles. The monoisotopic (exact) mass is 376 g/mol. The van der Waals surface area contributed by atoms with Crippen LogP contribution in [0.25, 0.3) is 0 Å². The van der Waals surface area contributed by atoms with Gasteiger partial charge in [0.1, 0.15) is 11.1 Å². The van der Waals surface area contributed by atoms with Gasteiger partial charge in [0.15, 0.2) is 5.78 Å². The lowest BCUT2D eigenvalue weighted by atomic mass is 9.97. The Labute approximate surface area is 143 Å². The molecule has 1 aliphatic carbocycles. The number of Topliss-reactive ketones (excluding diaryl/α,β-unsaturated/α-hetero) is 1. The smallest absolute Gasteiger partial charge is 0.330 e. The van der Waals surface area contributed by atoms with Gasteiger partial charge >= 0.3 is 5.97 Å². The number of hydrogen-bond donors (Lipinski definition) is 0. The van der Waals surface area contributed by atoms with E-state index in [2.05, 4.69) is 22.5 Å². The second kappa shape index (κ2) is 8.04. The maximum atomic E-state index is 12.3. The van der Waals surface area contributed by atoms with Gasteiger partial charge in [-0.15, -0.1) is 0 Å². The number of ether oxygens (including phenoxy) is 2. The van der Waals surface area contributed by atoms with Crippen LogP contribution in [0.15, 0.2) is 66.8 Å². The highest BCUT2D eigenvalue weighted by Crippen LogP contribution is 2.32. The van der Waals surface area contributed by atoms with E-state index in [4.69, 9.17) is 9.47 Å². The van der Waals surface area contributed by atoms with Gasteiger partial charge in [0.2, 0.25) is 0 Å². The van der Waals surface area contributed by atoms with Crippen LogP contribution >= 0.6 is 15.9 Å². The van der Waals surface area contributed by atoms with Gasteiger partial charge in [0, 0.05) is 23.6 Å². The van der Waals surface area contributed by atoms with Crippen LogP contribution in [0.4, 0.5) is 0 Å². The van der Waals surface area contributed by atoms with Gasteiger partial charge in [-0.1, -0.05) is 49.1 Å². The zero-order chi connectivity index (χ0) is 16.7. The van der Waals surface area contributed by atoms with Crippen LogP contribution in [0.3, 0.4) is 0 Å². The third-order valence-electron chi connectivity index (χ3n) is 3.25. The fourth-order valence-electron chi connectivity index (χ4n) is 2.04. The van der Waals surface area contributed by atoms with Crippen LogP contribution in [-0.4, -0.2) is 29.5 Å². The molecule has 0 bridgehead atoms. The number of carbonyl (C=O) groups excluding carboxylic acids is 2. The van der Waals surface area contributed by atoms with Crippen LogP contribution < -0.4 is 0 Å². The molecule has 1 unspecified atom stereocenters. The highest BCUT2D eigenvalue weighted by Gasteiger charge is 2.27. The van der Waals surface area contributed by atoms with Crippen LogP contribution in [0, 0.1) is 0 Å². The Bertz CT molecular complexity index is 648. The van der Waals surface area contributed by atoms with Gasteiger partial charge in [0.25, 0.3) is 0 Å². The molecule has 0 amide bonds. The van der Waals surface area contributed by atoms with Gasteiger partial charge < -0.3 is 9.47 Å². The molecule has 1 aromatic carbocycles. The number of allylic oxidation sites excluding steroid dienone is 2. The summed E-state index contributed by atoms with van der Waals surface area (Å²) in [6.45, 7) is 3.70. The Hall–Kier alpha value is -1.98. The Morgan fingerprint density at radius 1 is 1.26 bits per heavy atom. The lowest BCUT2D eigenvalue weighted by Crippen LogP contribution is -2.26. The molecule has 0 saturated heterocycles. The summed E-state index contributed by atoms with van der Waals surface area (Å²) in [6.07, 6.45) is 6.98. The predicted molar refractivity (Wildman–Crippen MR) is 91.4 cm³/mol. The van der Waals surface area contributed by atoms with E-state index in [0.717, 1.165) is 6.08 Å². The summed E-state index contributed by atoms with van der Waals surface area (Å²) in [4.78, 5) is 23.3. The SMILES string of the molecule is C=CC(=O)OCCOC1(Br)C=CC(C(=O)c2ccccc2)=CC1. The number of rotatable bonds is 7. The second-order valence-electron chi connectivity index (χ2n) is 4.90. The number of esters is 1. The minimum Gasteiger partial charge on any atom is -0.460 e. The van der Waals surface area contributed by atoms with Crippen molar-refractivity contribution in [1.29, 1.82) is 0 Å². The molecule has 1 aromatic rings. The van der Waals surface area contributed by atoms with Crippen molar-refractivity contribution in [1.82, 2.24) is 0 Å². The number of ketones is 1. The summed E-state index contributed by atoms with van der Waals surface area (Å²) < 4.78 is 9.82. The first-order chi connectivity index (χ1) is 11.0. The molecule has 0 N–H and O–H groups in total. The molecule has 4 nitrogen and oxygen atoms in total. The summed E-state index contributed by atoms with van der Waals surface area (Å²) in [5.41, 5.74) is 1.29. The highest BCUT2D eigenvalue weighted by atomic mass is 79.9. The average Bonchev–Trinajstić information content (AvgIpc) is 2.59. The zero-order valence-corrected chi connectivity index (χ0v) is 14.1. The standard InChI is InChI=1S/C18H17BrO4/c1-2-16(20)22-12-13-23-18(19)10-8-15(9-11-18)17(21)14-6-4-3-5-7-14/h2-10H,1,11-13H2. The van der Waals surface area contributed by atoms with Crippen molar-refractivity contribution in [2.75, 3.05) is 13.2 Å². The normalized spacial score (nSPS) is 19.8. The molecule has 0 radical (unpaired) electrons. The second-order valence-corrected chi connectivity index (χ2v) is 6.24. The first-order valence-electron chi connectivity index (χ1n) is 7.15. The summed E-state index contributed by atoms with van der Waals surface area (Å²) in [5.74, 6) is -0.497. The fourth-order valence-corrected chi connectivity index (χ4v) is 2.50. The molecular formula is C18H17BrO4. The molecule has 23 heavy (non-hydrogen) atoms. The largest absolute Gasteiger partial charge is 0.460 e. The molecule has 1 aliphatic rings. The van der Waals surface area contributed by atoms with E-state index in [9.17, 15) is 9.59 Å². The Morgan fingerprint density at radius 2 is 2.00 bits per heavy atom. The summed E-state index contributed by atoms with van der Waals surface area (Å²) >= 11 is 3.49. The lowest BCUT2D eigenvalue weighted by molar-refractivity contribution is -0.139. The van der Waals surface area contributed by atoms with Crippen molar-refractivity contribution in [3.8, 4) is 0 Å². The van der Waals surface area contributed by atoms with E-state index in [1.54, 1.807) is 24.3 Å². The van der Waals surface area contributed by atoms with Crippen LogP contribution in [0.5, 0.6) is 0 Å². The Kier molecular flexibility index (Phi) is 6.07.